The Hall–Kier alpha value is -2.17. The third kappa shape index (κ3) is 1.59. The highest BCUT2D eigenvalue weighted by molar-refractivity contribution is 5.81. The van der Waals surface area contributed by atoms with Gasteiger partial charge >= 0.3 is 0 Å². The van der Waals surface area contributed by atoms with E-state index in [0.29, 0.717) is 5.82 Å². The second-order valence-electron chi connectivity index (χ2n) is 4.62. The molecule has 0 atom stereocenters. The van der Waals surface area contributed by atoms with Crippen LogP contribution in [0, 0.1) is 6.92 Å². The lowest BCUT2D eigenvalue weighted by Gasteiger charge is -2.35. The predicted octanol–water partition coefficient (Wildman–Crippen LogP) is 1.89. The van der Waals surface area contributed by atoms with Gasteiger partial charge in [-0.2, -0.15) is 0 Å². The van der Waals surface area contributed by atoms with Crippen LogP contribution in [0.4, 0.5) is 23.0 Å². The van der Waals surface area contributed by atoms with Crippen molar-refractivity contribution in [2.24, 2.45) is 0 Å². The lowest BCUT2D eigenvalue weighted by atomic mass is 10.2. The van der Waals surface area contributed by atoms with Gasteiger partial charge < -0.3 is 20.5 Å². The Morgan fingerprint density at radius 2 is 1.94 bits per heavy atom. The number of aryl methyl sites for hydroxylation is 1. The van der Waals surface area contributed by atoms with Gasteiger partial charge in [0.05, 0.1) is 11.4 Å². The molecule has 2 aromatic rings. The Balaban J connectivity index is 2.10. The first kappa shape index (κ1) is 11.0. The van der Waals surface area contributed by atoms with E-state index in [9.17, 15) is 0 Å². The Kier molecular flexibility index (Phi) is 2.40. The highest BCUT2D eigenvalue weighted by Gasteiger charge is 2.24. The van der Waals surface area contributed by atoms with E-state index in [-0.39, 0.29) is 0 Å². The van der Waals surface area contributed by atoms with Gasteiger partial charge in [-0.15, -0.1) is 0 Å². The van der Waals surface area contributed by atoms with E-state index in [2.05, 4.69) is 45.0 Å². The summed E-state index contributed by atoms with van der Waals surface area (Å²) in [6.45, 7) is 3.77. The molecule has 0 bridgehead atoms. The molecular formula is C13H17N5. The topological polar surface area (TPSA) is 61.2 Å². The van der Waals surface area contributed by atoms with Gasteiger partial charge in [-0.1, -0.05) is 12.1 Å². The van der Waals surface area contributed by atoms with Crippen molar-refractivity contribution >= 4 is 23.0 Å². The second kappa shape index (κ2) is 3.94. The number of likely N-dealkylation sites (N-methyl/N-ethyl adjacent to an activating group) is 1. The second-order valence-corrected chi connectivity index (χ2v) is 4.62. The normalized spacial score (nSPS) is 14.8. The van der Waals surface area contributed by atoms with E-state index in [4.69, 9.17) is 5.73 Å². The van der Waals surface area contributed by atoms with Crippen LogP contribution in [-0.4, -0.2) is 30.1 Å². The van der Waals surface area contributed by atoms with Crippen LogP contribution < -0.4 is 15.5 Å². The number of nitrogens with one attached hydrogen (secondary N) is 1. The summed E-state index contributed by atoms with van der Waals surface area (Å²) in [5.41, 5.74) is 8.36. The fourth-order valence-electron chi connectivity index (χ4n) is 2.43. The molecule has 1 aromatic heterocycles. The number of aromatic amines is 1. The molecule has 1 aliphatic heterocycles. The molecule has 5 nitrogen and oxygen atoms in total. The Labute approximate surface area is 106 Å². The van der Waals surface area contributed by atoms with Gasteiger partial charge in [-0.3, -0.25) is 0 Å². The number of aromatic nitrogens is 2. The zero-order valence-corrected chi connectivity index (χ0v) is 10.6. The molecule has 0 fully saturated rings. The maximum Gasteiger partial charge on any atom is 0.175 e. The summed E-state index contributed by atoms with van der Waals surface area (Å²) in [5.74, 6) is 2.30. The molecule has 0 spiro atoms. The third-order valence-electron chi connectivity index (χ3n) is 3.33. The van der Waals surface area contributed by atoms with E-state index < -0.39 is 0 Å². The van der Waals surface area contributed by atoms with Crippen LogP contribution in [0.3, 0.4) is 0 Å². The van der Waals surface area contributed by atoms with E-state index in [1.165, 1.54) is 5.69 Å². The van der Waals surface area contributed by atoms with Gasteiger partial charge in [0, 0.05) is 20.1 Å². The fraction of sp³-hybridized carbons (Fsp3) is 0.308. The van der Waals surface area contributed by atoms with Crippen molar-refractivity contribution in [1.29, 1.82) is 0 Å². The first-order chi connectivity index (χ1) is 8.66. The maximum absolute atomic E-state index is 5.99. The highest BCUT2D eigenvalue weighted by Crippen LogP contribution is 2.37. The molecule has 3 rings (SSSR count). The van der Waals surface area contributed by atoms with Crippen molar-refractivity contribution in [2.75, 3.05) is 35.7 Å². The minimum Gasteiger partial charge on any atom is -0.382 e. The summed E-state index contributed by atoms with van der Waals surface area (Å²) in [7, 11) is 2.11. The van der Waals surface area contributed by atoms with E-state index in [1.54, 1.807) is 0 Å². The van der Waals surface area contributed by atoms with Crippen molar-refractivity contribution in [3.05, 3.63) is 30.1 Å². The molecule has 0 aliphatic carbocycles. The number of hydrogen-bond acceptors (Lipinski definition) is 4. The molecular weight excluding hydrogens is 226 g/mol. The van der Waals surface area contributed by atoms with Gasteiger partial charge in [0.2, 0.25) is 0 Å². The summed E-state index contributed by atoms with van der Waals surface area (Å²) < 4.78 is 0. The number of fused-ring (bicyclic) bond motifs is 1. The van der Waals surface area contributed by atoms with Crippen LogP contribution in [-0.2, 0) is 0 Å². The van der Waals surface area contributed by atoms with E-state index in [0.717, 1.165) is 30.4 Å². The number of rotatable bonds is 1. The zero-order chi connectivity index (χ0) is 12.7. The first-order valence-corrected chi connectivity index (χ1v) is 6.06. The predicted molar refractivity (Wildman–Crippen MR) is 74.5 cm³/mol. The largest absolute Gasteiger partial charge is 0.382 e. The number of nitrogen functional groups attached to an aromatic ring is 1. The number of H-pyrrole nitrogens is 1. The van der Waals surface area contributed by atoms with Crippen molar-refractivity contribution in [3.8, 4) is 0 Å². The Bertz CT molecular complexity index is 575. The first-order valence-electron chi connectivity index (χ1n) is 6.06. The molecule has 2 heterocycles. The van der Waals surface area contributed by atoms with Gasteiger partial charge in [0.15, 0.2) is 5.82 Å². The summed E-state index contributed by atoms with van der Waals surface area (Å²) in [6, 6.07) is 8.32. The highest BCUT2D eigenvalue weighted by atomic mass is 15.3. The molecule has 94 valence electrons. The molecule has 0 amide bonds. The standard InChI is InChI=1S/C13H17N5/c1-9-15-12(14)13(16-9)18-8-7-17(2)10-5-3-4-6-11(10)18/h3-6H,7-8,14H2,1-2H3,(H,15,16). The van der Waals surface area contributed by atoms with E-state index >= 15 is 0 Å². The summed E-state index contributed by atoms with van der Waals surface area (Å²) in [6.07, 6.45) is 0. The summed E-state index contributed by atoms with van der Waals surface area (Å²) >= 11 is 0. The molecule has 5 heteroatoms. The number of imidazole rings is 1. The smallest absolute Gasteiger partial charge is 0.175 e. The number of nitrogens with two attached hydrogens (primary N) is 1. The number of benzene rings is 1. The van der Waals surface area contributed by atoms with Gasteiger partial charge in [-0.25, -0.2) is 4.98 Å². The number of hydrogen-bond donors (Lipinski definition) is 2. The quantitative estimate of drug-likeness (QED) is 0.803. The molecule has 0 unspecified atom stereocenters. The summed E-state index contributed by atoms with van der Waals surface area (Å²) in [5, 5.41) is 0. The average molecular weight is 243 g/mol. The van der Waals surface area contributed by atoms with Crippen LogP contribution in [0.1, 0.15) is 5.82 Å². The fourth-order valence-corrected chi connectivity index (χ4v) is 2.43. The van der Waals surface area contributed by atoms with Crippen molar-refractivity contribution in [2.45, 2.75) is 6.92 Å². The van der Waals surface area contributed by atoms with Crippen LogP contribution in [0.5, 0.6) is 0 Å². The van der Waals surface area contributed by atoms with Crippen LogP contribution in [0.15, 0.2) is 24.3 Å². The molecule has 3 N–H and O–H groups in total. The van der Waals surface area contributed by atoms with Crippen LogP contribution >= 0.6 is 0 Å². The molecule has 1 aromatic carbocycles. The van der Waals surface area contributed by atoms with Gasteiger partial charge in [0.1, 0.15) is 11.6 Å². The van der Waals surface area contributed by atoms with Crippen LogP contribution in [0.2, 0.25) is 0 Å². The van der Waals surface area contributed by atoms with Crippen LogP contribution in [0.25, 0.3) is 0 Å². The Morgan fingerprint density at radius 3 is 2.61 bits per heavy atom. The number of para-hydroxylation sites is 2. The average Bonchev–Trinajstić information content (AvgIpc) is 2.69. The maximum atomic E-state index is 5.99. The monoisotopic (exact) mass is 243 g/mol. The third-order valence-corrected chi connectivity index (χ3v) is 3.33. The number of nitrogens with zero attached hydrogens (tertiary/aromatic N) is 3. The lowest BCUT2D eigenvalue weighted by molar-refractivity contribution is 0.815. The molecule has 1 aliphatic rings. The molecule has 18 heavy (non-hydrogen) atoms. The number of anilines is 4. The van der Waals surface area contributed by atoms with Crippen molar-refractivity contribution in [3.63, 3.8) is 0 Å². The van der Waals surface area contributed by atoms with Crippen molar-refractivity contribution < 1.29 is 0 Å². The zero-order valence-electron chi connectivity index (χ0n) is 10.6. The summed E-state index contributed by atoms with van der Waals surface area (Å²) in [4.78, 5) is 12.0. The van der Waals surface area contributed by atoms with E-state index in [1.807, 2.05) is 13.0 Å². The lowest BCUT2D eigenvalue weighted by Crippen LogP contribution is -2.36. The molecule has 0 radical (unpaired) electrons. The SMILES string of the molecule is Cc1nc(N2CCN(C)c3ccccc32)c(N)[nH]1. The minimum absolute atomic E-state index is 0.631. The Morgan fingerprint density at radius 1 is 1.22 bits per heavy atom. The van der Waals surface area contributed by atoms with Gasteiger partial charge in [0.25, 0.3) is 0 Å². The van der Waals surface area contributed by atoms with Crippen molar-refractivity contribution in [1.82, 2.24) is 9.97 Å². The molecule has 0 saturated carbocycles. The molecule has 0 saturated heterocycles. The minimum atomic E-state index is 0.631. The van der Waals surface area contributed by atoms with Gasteiger partial charge in [-0.05, 0) is 19.1 Å².